The van der Waals surface area contributed by atoms with Crippen molar-refractivity contribution in [3.63, 3.8) is 0 Å². The van der Waals surface area contributed by atoms with Gasteiger partial charge in [0.25, 0.3) is 0 Å². The molecule has 8 heteroatoms. The Morgan fingerprint density at radius 3 is 2.56 bits per heavy atom. The Morgan fingerprint density at radius 1 is 1.15 bits per heavy atom. The zero-order valence-corrected chi connectivity index (χ0v) is 16.3. The standard InChI is InChI=1S/C19H20ClN3O3S/c1-2-26-15-9-7-13(8-10-15)23-18(16-5-3-4-6-17(16)20)21-22-19(23)27-12-14(25)11-24/h3-10,14,24-25H,2,11-12H2,1H3. The third-order valence-corrected chi connectivity index (χ3v) is 5.17. The number of hydrogen-bond donors (Lipinski definition) is 2. The van der Waals surface area contributed by atoms with Crippen LogP contribution in [0.5, 0.6) is 5.75 Å². The summed E-state index contributed by atoms with van der Waals surface area (Å²) in [6, 6.07) is 15.0. The summed E-state index contributed by atoms with van der Waals surface area (Å²) in [5.41, 5.74) is 1.61. The van der Waals surface area contributed by atoms with E-state index in [1.165, 1.54) is 11.8 Å². The van der Waals surface area contributed by atoms with Crippen molar-refractivity contribution in [3.8, 4) is 22.8 Å². The molecule has 0 fully saturated rings. The van der Waals surface area contributed by atoms with Gasteiger partial charge in [-0.25, -0.2) is 0 Å². The highest BCUT2D eigenvalue weighted by Crippen LogP contribution is 2.32. The van der Waals surface area contributed by atoms with Crippen molar-refractivity contribution in [2.24, 2.45) is 0 Å². The third-order valence-electron chi connectivity index (χ3n) is 3.77. The fraction of sp³-hybridized carbons (Fsp3) is 0.263. The van der Waals surface area contributed by atoms with Crippen LogP contribution in [0.25, 0.3) is 17.1 Å². The fourth-order valence-electron chi connectivity index (χ4n) is 2.49. The van der Waals surface area contributed by atoms with Crippen LogP contribution in [-0.4, -0.2) is 50.0 Å². The minimum atomic E-state index is -0.829. The average Bonchev–Trinajstić information content (AvgIpc) is 3.11. The van der Waals surface area contributed by atoms with E-state index in [0.29, 0.717) is 28.4 Å². The Balaban J connectivity index is 2.04. The van der Waals surface area contributed by atoms with Crippen LogP contribution in [0.15, 0.2) is 53.7 Å². The lowest BCUT2D eigenvalue weighted by molar-refractivity contribution is 0.113. The molecular formula is C19H20ClN3O3S. The van der Waals surface area contributed by atoms with E-state index in [-0.39, 0.29) is 6.61 Å². The number of halogens is 1. The van der Waals surface area contributed by atoms with Gasteiger partial charge in [0.05, 0.1) is 24.3 Å². The minimum Gasteiger partial charge on any atom is -0.494 e. The molecule has 0 saturated carbocycles. The molecule has 0 radical (unpaired) electrons. The Hall–Kier alpha value is -2.06. The molecule has 2 aromatic carbocycles. The first kappa shape index (κ1) is 19.7. The van der Waals surface area contributed by atoms with Crippen molar-refractivity contribution in [2.75, 3.05) is 19.0 Å². The minimum absolute atomic E-state index is 0.300. The third kappa shape index (κ3) is 4.62. The van der Waals surface area contributed by atoms with E-state index >= 15 is 0 Å². The summed E-state index contributed by atoms with van der Waals surface area (Å²) in [6.07, 6.45) is -0.829. The summed E-state index contributed by atoms with van der Waals surface area (Å²) in [5.74, 6) is 1.68. The molecule has 3 aromatic rings. The van der Waals surface area contributed by atoms with Crippen LogP contribution in [0, 0.1) is 0 Å². The summed E-state index contributed by atoms with van der Waals surface area (Å²) in [6.45, 7) is 2.23. The molecule has 0 aliphatic heterocycles. The molecule has 142 valence electrons. The van der Waals surface area contributed by atoms with E-state index in [0.717, 1.165) is 17.0 Å². The number of thioether (sulfide) groups is 1. The van der Waals surface area contributed by atoms with Crippen LogP contribution in [0.3, 0.4) is 0 Å². The smallest absolute Gasteiger partial charge is 0.196 e. The highest BCUT2D eigenvalue weighted by Gasteiger charge is 2.19. The molecule has 1 atom stereocenters. The first-order valence-electron chi connectivity index (χ1n) is 8.49. The summed E-state index contributed by atoms with van der Waals surface area (Å²) in [4.78, 5) is 0. The summed E-state index contributed by atoms with van der Waals surface area (Å²) >= 11 is 7.68. The van der Waals surface area contributed by atoms with Gasteiger partial charge in [-0.15, -0.1) is 10.2 Å². The van der Waals surface area contributed by atoms with Crippen LogP contribution in [0.2, 0.25) is 5.02 Å². The number of ether oxygens (including phenoxy) is 1. The maximum Gasteiger partial charge on any atom is 0.196 e. The normalized spacial score (nSPS) is 12.1. The molecule has 0 aliphatic rings. The second-order valence-corrected chi connectivity index (χ2v) is 7.09. The van der Waals surface area contributed by atoms with Gasteiger partial charge < -0.3 is 14.9 Å². The lowest BCUT2D eigenvalue weighted by Gasteiger charge is -2.13. The van der Waals surface area contributed by atoms with Gasteiger partial charge in [-0.1, -0.05) is 35.5 Å². The number of rotatable bonds is 8. The zero-order valence-electron chi connectivity index (χ0n) is 14.7. The Bertz CT molecular complexity index is 886. The van der Waals surface area contributed by atoms with E-state index in [1.54, 1.807) is 6.07 Å². The van der Waals surface area contributed by atoms with Crippen molar-refractivity contribution >= 4 is 23.4 Å². The Labute approximate surface area is 166 Å². The predicted octanol–water partition coefficient (Wildman–Crippen LogP) is 3.43. The second-order valence-electron chi connectivity index (χ2n) is 5.70. The number of aliphatic hydroxyl groups is 2. The van der Waals surface area contributed by atoms with Gasteiger partial charge in [-0.3, -0.25) is 4.57 Å². The molecule has 6 nitrogen and oxygen atoms in total. The second kappa shape index (κ2) is 9.23. The fourth-order valence-corrected chi connectivity index (χ4v) is 3.58. The van der Waals surface area contributed by atoms with Crippen LogP contribution in [0.4, 0.5) is 0 Å². The van der Waals surface area contributed by atoms with Crippen molar-refractivity contribution in [1.82, 2.24) is 14.8 Å². The van der Waals surface area contributed by atoms with E-state index in [4.69, 9.17) is 21.4 Å². The quantitative estimate of drug-likeness (QED) is 0.559. The highest BCUT2D eigenvalue weighted by atomic mass is 35.5. The monoisotopic (exact) mass is 405 g/mol. The zero-order chi connectivity index (χ0) is 19.2. The lowest BCUT2D eigenvalue weighted by atomic mass is 10.2. The maximum absolute atomic E-state index is 9.68. The summed E-state index contributed by atoms with van der Waals surface area (Å²) in [5, 5.41) is 28.5. The molecule has 1 aromatic heterocycles. The first-order valence-corrected chi connectivity index (χ1v) is 9.85. The van der Waals surface area contributed by atoms with Crippen molar-refractivity contribution in [2.45, 2.75) is 18.2 Å². The predicted molar refractivity (Wildman–Crippen MR) is 107 cm³/mol. The molecule has 3 rings (SSSR count). The molecule has 0 spiro atoms. The molecule has 1 heterocycles. The average molecular weight is 406 g/mol. The topological polar surface area (TPSA) is 80.4 Å². The largest absolute Gasteiger partial charge is 0.494 e. The number of aromatic nitrogens is 3. The summed E-state index contributed by atoms with van der Waals surface area (Å²) < 4.78 is 7.39. The van der Waals surface area contributed by atoms with E-state index in [1.807, 2.05) is 54.0 Å². The van der Waals surface area contributed by atoms with Gasteiger partial charge in [0.1, 0.15) is 5.75 Å². The van der Waals surface area contributed by atoms with Crippen LogP contribution < -0.4 is 4.74 Å². The molecule has 0 amide bonds. The van der Waals surface area contributed by atoms with Gasteiger partial charge in [0, 0.05) is 17.0 Å². The van der Waals surface area contributed by atoms with Crippen LogP contribution >= 0.6 is 23.4 Å². The maximum atomic E-state index is 9.68. The lowest BCUT2D eigenvalue weighted by Crippen LogP contribution is -2.15. The molecule has 27 heavy (non-hydrogen) atoms. The van der Waals surface area contributed by atoms with Gasteiger partial charge in [0.15, 0.2) is 11.0 Å². The highest BCUT2D eigenvalue weighted by molar-refractivity contribution is 7.99. The van der Waals surface area contributed by atoms with Crippen LogP contribution in [-0.2, 0) is 0 Å². The Morgan fingerprint density at radius 2 is 1.89 bits per heavy atom. The number of benzene rings is 2. The first-order chi connectivity index (χ1) is 13.1. The van der Waals surface area contributed by atoms with Gasteiger partial charge in [-0.2, -0.15) is 0 Å². The number of hydrogen-bond acceptors (Lipinski definition) is 6. The molecule has 0 aliphatic carbocycles. The number of nitrogens with zero attached hydrogens (tertiary/aromatic N) is 3. The molecule has 0 saturated heterocycles. The SMILES string of the molecule is CCOc1ccc(-n2c(SCC(O)CO)nnc2-c2ccccc2Cl)cc1. The van der Waals surface area contributed by atoms with Gasteiger partial charge in [0.2, 0.25) is 0 Å². The molecule has 2 N–H and O–H groups in total. The van der Waals surface area contributed by atoms with Crippen molar-refractivity contribution < 1.29 is 14.9 Å². The van der Waals surface area contributed by atoms with Crippen LogP contribution in [0.1, 0.15) is 6.92 Å². The molecular weight excluding hydrogens is 386 g/mol. The molecule has 0 bridgehead atoms. The molecule has 1 unspecified atom stereocenters. The van der Waals surface area contributed by atoms with Gasteiger partial charge in [-0.05, 0) is 43.3 Å². The summed E-state index contributed by atoms with van der Waals surface area (Å²) in [7, 11) is 0. The number of aliphatic hydroxyl groups excluding tert-OH is 2. The van der Waals surface area contributed by atoms with E-state index in [2.05, 4.69) is 10.2 Å². The van der Waals surface area contributed by atoms with E-state index in [9.17, 15) is 5.11 Å². The Kier molecular flexibility index (Phi) is 6.73. The van der Waals surface area contributed by atoms with Crippen molar-refractivity contribution in [3.05, 3.63) is 53.6 Å². The van der Waals surface area contributed by atoms with Gasteiger partial charge >= 0.3 is 0 Å². The van der Waals surface area contributed by atoms with Crippen molar-refractivity contribution in [1.29, 1.82) is 0 Å². The van der Waals surface area contributed by atoms with E-state index < -0.39 is 6.10 Å².